The smallest absolute Gasteiger partial charge is 0.144 e. The van der Waals surface area contributed by atoms with Crippen molar-refractivity contribution in [3.8, 4) is 6.07 Å². The lowest BCUT2D eigenvalue weighted by molar-refractivity contribution is 0.321. The van der Waals surface area contributed by atoms with E-state index in [2.05, 4.69) is 6.07 Å². The third kappa shape index (κ3) is 2.89. The van der Waals surface area contributed by atoms with Crippen molar-refractivity contribution in [2.75, 3.05) is 17.3 Å². The Morgan fingerprint density at radius 1 is 1.42 bits per heavy atom. The van der Waals surface area contributed by atoms with Crippen LogP contribution >= 0.6 is 35.0 Å². The van der Waals surface area contributed by atoms with Crippen LogP contribution in [0.4, 0.5) is 5.69 Å². The van der Waals surface area contributed by atoms with Gasteiger partial charge in [0.05, 0.1) is 28.0 Å². The van der Waals surface area contributed by atoms with Crippen LogP contribution in [0.1, 0.15) is 13.3 Å². The van der Waals surface area contributed by atoms with Gasteiger partial charge >= 0.3 is 0 Å². The van der Waals surface area contributed by atoms with Gasteiger partial charge in [-0.3, -0.25) is 5.41 Å². The molecule has 0 saturated heterocycles. The van der Waals surface area contributed by atoms with Crippen molar-refractivity contribution in [1.82, 2.24) is 0 Å². The number of hydrogen-bond donors (Lipinski definition) is 3. The third-order valence-corrected chi connectivity index (χ3v) is 6.94. The van der Waals surface area contributed by atoms with Gasteiger partial charge in [0.2, 0.25) is 0 Å². The van der Waals surface area contributed by atoms with Crippen molar-refractivity contribution < 1.29 is 10.2 Å². The Kier molecular flexibility index (Phi) is 5.27. The van der Waals surface area contributed by atoms with Crippen molar-refractivity contribution in [3.63, 3.8) is 0 Å². The first kappa shape index (κ1) is 19.1. The van der Waals surface area contributed by atoms with E-state index in [4.69, 9.17) is 28.6 Å². The molecular formula is C18H17Cl2N3O2S. The first-order valence-corrected chi connectivity index (χ1v) is 9.76. The molecule has 0 radical (unpaired) electrons. The normalized spacial score (nSPS) is 25.2. The summed E-state index contributed by atoms with van der Waals surface area (Å²) in [6.45, 7) is 1.96. The molecule has 0 bridgehead atoms. The second-order valence-electron chi connectivity index (χ2n) is 6.25. The third-order valence-electron chi connectivity index (χ3n) is 4.76. The number of aliphatic hydroxyl groups is 2. The lowest BCUT2D eigenvalue weighted by Crippen LogP contribution is -2.54. The number of amidine groups is 1. The molecule has 1 aliphatic carbocycles. The summed E-state index contributed by atoms with van der Waals surface area (Å²) < 4.78 is 0. The molecule has 1 aromatic rings. The highest BCUT2D eigenvalue weighted by Gasteiger charge is 2.53. The number of benzene rings is 1. The Balaban J connectivity index is 2.18. The van der Waals surface area contributed by atoms with Gasteiger partial charge in [0.15, 0.2) is 0 Å². The number of fused-ring (bicyclic) bond motifs is 1. The number of hydrogen-bond acceptors (Lipinski definition) is 5. The summed E-state index contributed by atoms with van der Waals surface area (Å²) in [4.78, 5) is 1.76. The monoisotopic (exact) mass is 409 g/mol. The quantitative estimate of drug-likeness (QED) is 0.688. The maximum Gasteiger partial charge on any atom is 0.144 e. The molecule has 0 spiro atoms. The van der Waals surface area contributed by atoms with Gasteiger partial charge in [-0.25, -0.2) is 0 Å². The SMILES string of the molecule is C[C@]12C(=C(C#N)C(=N)N1c1ccc(Cl)c(Cl)c1)C=C(O)C[C@@H]2SCCO. The van der Waals surface area contributed by atoms with Gasteiger partial charge < -0.3 is 15.1 Å². The van der Waals surface area contributed by atoms with Crippen LogP contribution < -0.4 is 4.90 Å². The zero-order chi connectivity index (χ0) is 19.1. The van der Waals surface area contributed by atoms with Gasteiger partial charge in [-0.15, -0.1) is 0 Å². The first-order valence-electron chi connectivity index (χ1n) is 7.95. The number of nitrogens with one attached hydrogen (secondary N) is 1. The molecule has 8 heteroatoms. The van der Waals surface area contributed by atoms with E-state index in [1.54, 1.807) is 29.2 Å². The van der Waals surface area contributed by atoms with E-state index >= 15 is 0 Å². The number of thioether (sulfide) groups is 1. The molecule has 136 valence electrons. The fraction of sp³-hybridized carbons (Fsp3) is 0.333. The summed E-state index contributed by atoms with van der Waals surface area (Å²) in [5, 5.41) is 38.2. The average Bonchev–Trinajstić information content (AvgIpc) is 2.82. The number of rotatable bonds is 4. The van der Waals surface area contributed by atoms with E-state index in [9.17, 15) is 15.5 Å². The van der Waals surface area contributed by atoms with Crippen molar-refractivity contribution >= 4 is 46.5 Å². The molecule has 26 heavy (non-hydrogen) atoms. The van der Waals surface area contributed by atoms with E-state index in [0.29, 0.717) is 33.5 Å². The Bertz CT molecular complexity index is 878. The molecule has 1 aliphatic heterocycles. The van der Waals surface area contributed by atoms with Gasteiger partial charge in [-0.1, -0.05) is 23.2 Å². The minimum atomic E-state index is -0.731. The Labute approximate surface area is 166 Å². The van der Waals surface area contributed by atoms with E-state index in [1.165, 1.54) is 11.8 Å². The van der Waals surface area contributed by atoms with Gasteiger partial charge in [0.25, 0.3) is 0 Å². The van der Waals surface area contributed by atoms with E-state index in [0.717, 1.165) is 0 Å². The molecule has 0 aromatic heterocycles. The fourth-order valence-corrected chi connectivity index (χ4v) is 5.07. The summed E-state index contributed by atoms with van der Waals surface area (Å²) in [6.07, 6.45) is 1.97. The summed E-state index contributed by atoms with van der Waals surface area (Å²) >= 11 is 13.7. The highest BCUT2D eigenvalue weighted by Crippen LogP contribution is 2.50. The van der Waals surface area contributed by atoms with Gasteiger partial charge in [-0.2, -0.15) is 17.0 Å². The molecule has 3 rings (SSSR count). The zero-order valence-corrected chi connectivity index (χ0v) is 16.3. The second-order valence-corrected chi connectivity index (χ2v) is 8.38. The Morgan fingerprint density at radius 2 is 2.15 bits per heavy atom. The summed E-state index contributed by atoms with van der Waals surface area (Å²) in [5.74, 6) is 0.721. The summed E-state index contributed by atoms with van der Waals surface area (Å²) in [6, 6.07) is 7.20. The molecule has 2 aliphatic rings. The van der Waals surface area contributed by atoms with Crippen molar-refractivity contribution in [2.45, 2.75) is 24.1 Å². The Morgan fingerprint density at radius 3 is 2.77 bits per heavy atom. The average molecular weight is 410 g/mol. The van der Waals surface area contributed by atoms with Crippen LogP contribution in [0, 0.1) is 16.7 Å². The van der Waals surface area contributed by atoms with Crippen molar-refractivity contribution in [1.29, 1.82) is 10.7 Å². The van der Waals surface area contributed by atoms with Gasteiger partial charge in [0.1, 0.15) is 17.5 Å². The molecular weight excluding hydrogens is 393 g/mol. The van der Waals surface area contributed by atoms with Crippen LogP contribution in [0.25, 0.3) is 0 Å². The number of nitriles is 1. The molecule has 3 N–H and O–H groups in total. The minimum Gasteiger partial charge on any atom is -0.512 e. The van der Waals surface area contributed by atoms with E-state index < -0.39 is 5.54 Å². The summed E-state index contributed by atoms with van der Waals surface area (Å²) in [5.41, 5.74) is 0.750. The van der Waals surface area contributed by atoms with Gasteiger partial charge in [-0.05, 0) is 31.2 Å². The van der Waals surface area contributed by atoms with Crippen LogP contribution in [0.15, 0.2) is 41.2 Å². The number of nitrogens with zero attached hydrogens (tertiary/aromatic N) is 2. The number of halogens is 2. The van der Waals surface area contributed by atoms with Crippen LogP contribution in [-0.4, -0.2) is 39.2 Å². The van der Waals surface area contributed by atoms with Crippen molar-refractivity contribution in [2.24, 2.45) is 0 Å². The first-order chi connectivity index (χ1) is 12.3. The highest BCUT2D eigenvalue weighted by molar-refractivity contribution is 8.00. The van der Waals surface area contributed by atoms with E-state index in [1.807, 2.05) is 6.92 Å². The zero-order valence-electron chi connectivity index (χ0n) is 14.0. The fourth-order valence-electron chi connectivity index (χ4n) is 3.55. The molecule has 0 amide bonds. The molecule has 0 unspecified atom stereocenters. The standard InChI is InChI=1S/C18H17Cl2N3O2S/c1-18-13(7-11(25)8-16(18)26-5-4-24)12(9-21)17(22)23(18)10-2-3-14(19)15(20)6-10/h2-3,6-7,16,22,24-25H,4-5,8H2,1H3/t16-,18+/m0/s1. The molecule has 2 atom stereocenters. The maximum atomic E-state index is 10.2. The van der Waals surface area contributed by atoms with Crippen LogP contribution in [0.5, 0.6) is 0 Å². The topological polar surface area (TPSA) is 91.3 Å². The van der Waals surface area contributed by atoms with E-state index in [-0.39, 0.29) is 29.0 Å². The molecule has 0 saturated carbocycles. The summed E-state index contributed by atoms with van der Waals surface area (Å²) in [7, 11) is 0. The predicted octanol–water partition coefficient (Wildman–Crippen LogP) is 4.31. The number of aliphatic hydroxyl groups excluding tert-OH is 2. The maximum absolute atomic E-state index is 10.2. The highest BCUT2D eigenvalue weighted by atomic mass is 35.5. The second kappa shape index (κ2) is 7.16. The van der Waals surface area contributed by atoms with Crippen LogP contribution in [-0.2, 0) is 0 Å². The molecule has 1 aromatic carbocycles. The number of anilines is 1. The molecule has 1 heterocycles. The Hall–Kier alpha value is -1.65. The predicted molar refractivity (Wildman–Crippen MR) is 106 cm³/mol. The lowest BCUT2D eigenvalue weighted by atomic mass is 9.81. The van der Waals surface area contributed by atoms with Crippen molar-refractivity contribution in [3.05, 3.63) is 51.2 Å². The lowest BCUT2D eigenvalue weighted by Gasteiger charge is -2.45. The number of allylic oxidation sites excluding steroid dienone is 1. The van der Waals surface area contributed by atoms with Crippen LogP contribution in [0.3, 0.4) is 0 Å². The molecule has 5 nitrogen and oxygen atoms in total. The van der Waals surface area contributed by atoms with Crippen LogP contribution in [0.2, 0.25) is 10.0 Å². The largest absolute Gasteiger partial charge is 0.512 e. The molecule has 0 fully saturated rings. The minimum absolute atomic E-state index is 0.0100. The van der Waals surface area contributed by atoms with Gasteiger partial charge in [0, 0.05) is 28.7 Å².